The fourth-order valence-electron chi connectivity index (χ4n) is 3.30. The van der Waals surface area contributed by atoms with Gasteiger partial charge in [0.2, 0.25) is 0 Å². The van der Waals surface area contributed by atoms with Crippen LogP contribution >= 0.6 is 0 Å². The molecule has 3 heterocycles. The minimum atomic E-state index is 0.612. The van der Waals surface area contributed by atoms with Gasteiger partial charge >= 0.3 is 0 Å². The van der Waals surface area contributed by atoms with Crippen LogP contribution in [-0.2, 0) is 6.54 Å². The molecule has 128 valence electrons. The maximum absolute atomic E-state index is 9.24. The zero-order chi connectivity index (χ0) is 17.1. The van der Waals surface area contributed by atoms with Crippen molar-refractivity contribution in [3.05, 3.63) is 47.7 Å². The Hall–Kier alpha value is -2.78. The molecule has 4 rings (SSSR count). The molecule has 0 atom stereocenters. The lowest BCUT2D eigenvalue weighted by atomic mass is 10.1. The SMILES string of the molecule is N#Cc1cccnc1N1CCN(Cc2ccc3c(c2)OCCO3)CC1. The second-order valence-electron chi connectivity index (χ2n) is 6.23. The van der Waals surface area contributed by atoms with Gasteiger partial charge in [0.25, 0.3) is 0 Å². The summed E-state index contributed by atoms with van der Waals surface area (Å²) in [6, 6.07) is 12.0. The first-order chi connectivity index (χ1) is 12.3. The Morgan fingerprint density at radius 2 is 1.84 bits per heavy atom. The number of pyridine rings is 1. The van der Waals surface area contributed by atoms with Gasteiger partial charge in [0.05, 0.1) is 5.56 Å². The normalized spacial score (nSPS) is 17.2. The van der Waals surface area contributed by atoms with Crippen LogP contribution in [0.5, 0.6) is 11.5 Å². The maximum atomic E-state index is 9.24. The highest BCUT2D eigenvalue weighted by Crippen LogP contribution is 2.31. The third-order valence-electron chi connectivity index (χ3n) is 4.59. The number of anilines is 1. The Labute approximate surface area is 147 Å². The van der Waals surface area contributed by atoms with Crippen LogP contribution in [0.2, 0.25) is 0 Å². The second-order valence-corrected chi connectivity index (χ2v) is 6.23. The number of benzene rings is 1. The number of piperazine rings is 1. The fourth-order valence-corrected chi connectivity index (χ4v) is 3.30. The molecule has 1 aromatic carbocycles. The summed E-state index contributed by atoms with van der Waals surface area (Å²) in [4.78, 5) is 8.99. The van der Waals surface area contributed by atoms with E-state index in [0.29, 0.717) is 18.8 Å². The molecule has 2 aromatic rings. The number of nitriles is 1. The number of hydrogen-bond donors (Lipinski definition) is 0. The van der Waals surface area contributed by atoms with Crippen molar-refractivity contribution in [2.75, 3.05) is 44.3 Å². The highest BCUT2D eigenvalue weighted by atomic mass is 16.6. The predicted octanol–water partition coefficient (Wildman–Crippen LogP) is 2.05. The average molecular weight is 336 g/mol. The third-order valence-corrected chi connectivity index (χ3v) is 4.59. The van der Waals surface area contributed by atoms with Crippen molar-refractivity contribution in [2.24, 2.45) is 0 Å². The molecule has 2 aliphatic rings. The van der Waals surface area contributed by atoms with E-state index in [1.54, 1.807) is 12.3 Å². The highest BCUT2D eigenvalue weighted by molar-refractivity contribution is 5.53. The first-order valence-electron chi connectivity index (χ1n) is 8.54. The minimum absolute atomic E-state index is 0.612. The number of nitrogens with zero attached hydrogens (tertiary/aromatic N) is 4. The largest absolute Gasteiger partial charge is 0.486 e. The lowest BCUT2D eigenvalue weighted by Crippen LogP contribution is -2.46. The molecule has 0 saturated carbocycles. The summed E-state index contributed by atoms with van der Waals surface area (Å²) >= 11 is 0. The molecule has 1 fully saturated rings. The van der Waals surface area contributed by atoms with Gasteiger partial charge in [0, 0.05) is 38.9 Å². The number of hydrogen-bond acceptors (Lipinski definition) is 6. The van der Waals surface area contributed by atoms with Gasteiger partial charge in [0.1, 0.15) is 25.1 Å². The zero-order valence-electron chi connectivity index (χ0n) is 14.0. The van der Waals surface area contributed by atoms with Crippen molar-refractivity contribution in [2.45, 2.75) is 6.54 Å². The Morgan fingerprint density at radius 3 is 2.64 bits per heavy atom. The van der Waals surface area contributed by atoms with E-state index in [0.717, 1.165) is 50.0 Å². The van der Waals surface area contributed by atoms with E-state index < -0.39 is 0 Å². The summed E-state index contributed by atoms with van der Waals surface area (Å²) in [7, 11) is 0. The Kier molecular flexibility index (Phi) is 4.40. The Morgan fingerprint density at radius 1 is 1.04 bits per heavy atom. The first-order valence-corrected chi connectivity index (χ1v) is 8.54. The Bertz CT molecular complexity index is 794. The van der Waals surface area contributed by atoms with Crippen molar-refractivity contribution in [1.82, 2.24) is 9.88 Å². The summed E-state index contributed by atoms with van der Waals surface area (Å²) in [6.07, 6.45) is 1.75. The monoisotopic (exact) mass is 336 g/mol. The fraction of sp³-hybridized carbons (Fsp3) is 0.368. The summed E-state index contributed by atoms with van der Waals surface area (Å²) in [5.74, 6) is 2.47. The van der Waals surface area contributed by atoms with Crippen LogP contribution in [0.1, 0.15) is 11.1 Å². The molecule has 0 bridgehead atoms. The Balaban J connectivity index is 1.38. The van der Waals surface area contributed by atoms with E-state index >= 15 is 0 Å². The van der Waals surface area contributed by atoms with E-state index in [1.165, 1.54) is 5.56 Å². The van der Waals surface area contributed by atoms with Gasteiger partial charge < -0.3 is 14.4 Å². The quantitative estimate of drug-likeness (QED) is 0.855. The lowest BCUT2D eigenvalue weighted by molar-refractivity contribution is 0.171. The van der Waals surface area contributed by atoms with E-state index in [4.69, 9.17) is 9.47 Å². The van der Waals surface area contributed by atoms with Crippen molar-refractivity contribution < 1.29 is 9.47 Å². The van der Waals surface area contributed by atoms with E-state index in [-0.39, 0.29) is 0 Å². The van der Waals surface area contributed by atoms with Crippen molar-refractivity contribution in [3.8, 4) is 17.6 Å². The van der Waals surface area contributed by atoms with Crippen LogP contribution in [-0.4, -0.2) is 49.3 Å². The molecule has 0 aliphatic carbocycles. The summed E-state index contributed by atoms with van der Waals surface area (Å²) in [5.41, 5.74) is 1.87. The van der Waals surface area contributed by atoms with Gasteiger partial charge in [-0.2, -0.15) is 5.26 Å². The van der Waals surface area contributed by atoms with Gasteiger partial charge in [-0.15, -0.1) is 0 Å². The number of fused-ring (bicyclic) bond motifs is 1. The molecule has 1 saturated heterocycles. The molecule has 0 amide bonds. The first kappa shape index (κ1) is 15.7. The van der Waals surface area contributed by atoms with E-state index in [9.17, 15) is 5.26 Å². The molecule has 25 heavy (non-hydrogen) atoms. The smallest absolute Gasteiger partial charge is 0.161 e. The molecule has 0 radical (unpaired) electrons. The van der Waals surface area contributed by atoms with Crippen LogP contribution in [0.15, 0.2) is 36.5 Å². The van der Waals surface area contributed by atoms with Gasteiger partial charge in [-0.25, -0.2) is 4.98 Å². The summed E-state index contributed by atoms with van der Waals surface area (Å²) < 4.78 is 11.2. The van der Waals surface area contributed by atoms with Crippen molar-refractivity contribution in [3.63, 3.8) is 0 Å². The van der Waals surface area contributed by atoms with Crippen LogP contribution in [0.25, 0.3) is 0 Å². The number of aromatic nitrogens is 1. The topological polar surface area (TPSA) is 61.6 Å². The lowest BCUT2D eigenvalue weighted by Gasteiger charge is -2.35. The zero-order valence-corrected chi connectivity index (χ0v) is 14.0. The van der Waals surface area contributed by atoms with E-state index in [1.807, 2.05) is 12.1 Å². The van der Waals surface area contributed by atoms with Gasteiger partial charge in [-0.1, -0.05) is 6.07 Å². The highest BCUT2D eigenvalue weighted by Gasteiger charge is 2.21. The van der Waals surface area contributed by atoms with Gasteiger partial charge in [-0.05, 0) is 29.8 Å². The predicted molar refractivity (Wildman–Crippen MR) is 93.9 cm³/mol. The molecular formula is C19H20N4O2. The summed E-state index contributed by atoms with van der Waals surface area (Å²) in [6.45, 7) is 5.74. The molecule has 0 unspecified atom stereocenters. The molecule has 1 aromatic heterocycles. The standard InChI is InChI=1S/C19H20N4O2/c20-13-16-2-1-5-21-19(16)23-8-6-22(7-9-23)14-15-3-4-17-18(12-15)25-11-10-24-17/h1-5,12H,6-11,14H2. The molecule has 6 heteroatoms. The van der Waals surface area contributed by atoms with E-state index in [2.05, 4.69) is 33.0 Å². The van der Waals surface area contributed by atoms with Crippen LogP contribution in [0.3, 0.4) is 0 Å². The van der Waals surface area contributed by atoms with Gasteiger partial charge in [0.15, 0.2) is 11.5 Å². The van der Waals surface area contributed by atoms with Crippen molar-refractivity contribution >= 4 is 5.82 Å². The molecule has 2 aliphatic heterocycles. The molecule has 6 nitrogen and oxygen atoms in total. The number of rotatable bonds is 3. The van der Waals surface area contributed by atoms with Crippen LogP contribution in [0, 0.1) is 11.3 Å². The molecule has 0 spiro atoms. The minimum Gasteiger partial charge on any atom is -0.486 e. The maximum Gasteiger partial charge on any atom is 0.161 e. The number of ether oxygens (including phenoxy) is 2. The average Bonchev–Trinajstić information content (AvgIpc) is 2.68. The summed E-state index contributed by atoms with van der Waals surface area (Å²) in [5, 5.41) is 9.24. The van der Waals surface area contributed by atoms with Crippen molar-refractivity contribution in [1.29, 1.82) is 5.26 Å². The van der Waals surface area contributed by atoms with Crippen LogP contribution < -0.4 is 14.4 Å². The molecule has 0 N–H and O–H groups in total. The second kappa shape index (κ2) is 6.99. The molecular weight excluding hydrogens is 316 g/mol. The third kappa shape index (κ3) is 3.37. The van der Waals surface area contributed by atoms with Crippen LogP contribution in [0.4, 0.5) is 5.82 Å². The van der Waals surface area contributed by atoms with Gasteiger partial charge in [-0.3, -0.25) is 4.90 Å².